The van der Waals surface area contributed by atoms with E-state index in [1.807, 2.05) is 18.2 Å². The first kappa shape index (κ1) is 27.2. The molecule has 3 aromatic rings. The third kappa shape index (κ3) is 5.04. The van der Waals surface area contributed by atoms with Crippen LogP contribution in [0.2, 0.25) is 0 Å². The lowest BCUT2D eigenvalue weighted by Gasteiger charge is -2.32. The van der Waals surface area contributed by atoms with Crippen molar-refractivity contribution in [1.82, 2.24) is 0 Å². The minimum absolute atomic E-state index is 0.0966. The van der Waals surface area contributed by atoms with E-state index in [4.69, 9.17) is 18.8 Å². The Balaban J connectivity index is 1.33. The third-order valence-corrected chi connectivity index (χ3v) is 8.48. The molecule has 2 heterocycles. The van der Waals surface area contributed by atoms with E-state index < -0.39 is 0 Å². The van der Waals surface area contributed by atoms with Crippen LogP contribution in [-0.2, 0) is 21.3 Å². The standard InChI is InChI=1S/C33H39BNO4/c1-31(2)27-11-9-10-12-28(27)35(7)30(31)20-15-24-21-26(36-8)18-19-29(24)37-22-23-13-16-25(17-14-23)34-38-32(3,4)33(5,6)39-34/h9-21H,22H2,1-8H3/q+1/b20-15+. The maximum Gasteiger partial charge on any atom is 0.494 e. The Kier molecular flexibility index (Phi) is 6.98. The number of ether oxygens (including phenoxy) is 2. The van der Waals surface area contributed by atoms with Crippen LogP contribution in [0.4, 0.5) is 5.69 Å². The molecule has 39 heavy (non-hydrogen) atoms. The molecule has 2 aliphatic heterocycles. The Morgan fingerprint density at radius 2 is 1.51 bits per heavy atom. The second-order valence-corrected chi connectivity index (χ2v) is 11.9. The Labute approximate surface area is 233 Å². The molecule has 6 heteroatoms. The van der Waals surface area contributed by atoms with Crippen LogP contribution in [0.15, 0.2) is 72.8 Å². The molecule has 202 valence electrons. The zero-order valence-corrected chi connectivity index (χ0v) is 24.4. The fourth-order valence-electron chi connectivity index (χ4n) is 5.30. The summed E-state index contributed by atoms with van der Waals surface area (Å²) in [5.74, 6) is 1.60. The van der Waals surface area contributed by atoms with Gasteiger partial charge in [0.25, 0.3) is 0 Å². The van der Waals surface area contributed by atoms with Crippen LogP contribution in [0, 0.1) is 0 Å². The highest BCUT2D eigenvalue weighted by Crippen LogP contribution is 2.40. The molecule has 0 N–H and O–H groups in total. The quantitative estimate of drug-likeness (QED) is 0.269. The van der Waals surface area contributed by atoms with Gasteiger partial charge in [-0.25, -0.2) is 0 Å². The first-order valence-electron chi connectivity index (χ1n) is 13.6. The minimum Gasteiger partial charge on any atom is -0.497 e. The second-order valence-electron chi connectivity index (χ2n) is 11.9. The molecule has 1 fully saturated rings. The number of hydrogen-bond acceptors (Lipinski definition) is 4. The molecule has 0 aliphatic carbocycles. The average Bonchev–Trinajstić information content (AvgIpc) is 3.25. The molecule has 0 radical (unpaired) electrons. The fourth-order valence-corrected chi connectivity index (χ4v) is 5.30. The Bertz CT molecular complexity index is 1420. The summed E-state index contributed by atoms with van der Waals surface area (Å²) in [5, 5.41) is 0. The number of para-hydroxylation sites is 1. The van der Waals surface area contributed by atoms with Crippen molar-refractivity contribution in [2.24, 2.45) is 0 Å². The smallest absolute Gasteiger partial charge is 0.494 e. The topological polar surface area (TPSA) is 39.9 Å². The number of nitrogens with zero attached hydrogens (tertiary/aromatic N) is 1. The summed E-state index contributed by atoms with van der Waals surface area (Å²) >= 11 is 0. The molecule has 5 rings (SSSR count). The number of fused-ring (bicyclic) bond motifs is 1. The van der Waals surface area contributed by atoms with Gasteiger partial charge >= 0.3 is 7.12 Å². The lowest BCUT2D eigenvalue weighted by Crippen LogP contribution is -2.41. The summed E-state index contributed by atoms with van der Waals surface area (Å²) in [6, 6.07) is 22.8. The first-order valence-corrected chi connectivity index (χ1v) is 13.6. The van der Waals surface area contributed by atoms with Gasteiger partial charge in [-0.2, -0.15) is 4.58 Å². The highest BCUT2D eigenvalue weighted by atomic mass is 16.7. The van der Waals surface area contributed by atoms with Crippen molar-refractivity contribution in [2.45, 2.75) is 64.8 Å². The highest BCUT2D eigenvalue weighted by molar-refractivity contribution is 6.62. The Hall–Kier alpha value is -3.35. The summed E-state index contributed by atoms with van der Waals surface area (Å²) in [7, 11) is 3.44. The zero-order chi connectivity index (χ0) is 28.0. The summed E-state index contributed by atoms with van der Waals surface area (Å²) in [5.41, 5.74) is 6.04. The normalized spacial score (nSPS) is 19.0. The molecule has 0 bridgehead atoms. The van der Waals surface area contributed by atoms with Crippen molar-refractivity contribution in [1.29, 1.82) is 0 Å². The molecular weight excluding hydrogens is 485 g/mol. The molecule has 1 saturated heterocycles. The van der Waals surface area contributed by atoms with Crippen LogP contribution < -0.4 is 14.9 Å². The van der Waals surface area contributed by atoms with Crippen molar-refractivity contribution in [2.75, 3.05) is 14.2 Å². The van der Waals surface area contributed by atoms with E-state index in [1.165, 1.54) is 17.0 Å². The number of benzene rings is 3. The van der Waals surface area contributed by atoms with Crippen molar-refractivity contribution in [3.05, 3.63) is 89.5 Å². The number of allylic oxidation sites excluding steroid dienone is 1. The van der Waals surface area contributed by atoms with Gasteiger partial charge < -0.3 is 18.8 Å². The predicted molar refractivity (Wildman–Crippen MR) is 159 cm³/mol. The molecule has 0 spiro atoms. The van der Waals surface area contributed by atoms with Gasteiger partial charge in [0.15, 0.2) is 5.71 Å². The van der Waals surface area contributed by atoms with Crippen LogP contribution in [-0.4, -0.2) is 42.8 Å². The molecule has 2 aliphatic rings. The molecule has 5 nitrogen and oxygen atoms in total. The van der Waals surface area contributed by atoms with Crippen molar-refractivity contribution >= 4 is 30.1 Å². The monoisotopic (exact) mass is 524 g/mol. The first-order chi connectivity index (χ1) is 18.4. The third-order valence-electron chi connectivity index (χ3n) is 8.48. The summed E-state index contributed by atoms with van der Waals surface area (Å²) in [4.78, 5) is 0. The second kappa shape index (κ2) is 10.00. The van der Waals surface area contributed by atoms with E-state index in [-0.39, 0.29) is 23.7 Å². The van der Waals surface area contributed by atoms with Crippen LogP contribution in [0.1, 0.15) is 58.2 Å². The van der Waals surface area contributed by atoms with E-state index in [0.717, 1.165) is 28.1 Å². The van der Waals surface area contributed by atoms with Crippen molar-refractivity contribution < 1.29 is 23.4 Å². The van der Waals surface area contributed by atoms with E-state index in [9.17, 15) is 0 Å². The van der Waals surface area contributed by atoms with Gasteiger partial charge in [0.2, 0.25) is 5.69 Å². The van der Waals surface area contributed by atoms with E-state index in [0.29, 0.717) is 6.61 Å². The van der Waals surface area contributed by atoms with Gasteiger partial charge in [0.05, 0.1) is 23.7 Å². The van der Waals surface area contributed by atoms with E-state index in [1.54, 1.807) is 7.11 Å². The molecule has 0 unspecified atom stereocenters. The Morgan fingerprint density at radius 3 is 2.15 bits per heavy atom. The maximum absolute atomic E-state index is 6.32. The molecule has 0 aromatic heterocycles. The van der Waals surface area contributed by atoms with Gasteiger partial charge in [0, 0.05) is 23.3 Å². The maximum atomic E-state index is 6.32. The highest BCUT2D eigenvalue weighted by Gasteiger charge is 2.51. The van der Waals surface area contributed by atoms with Crippen LogP contribution in [0.3, 0.4) is 0 Å². The lowest BCUT2D eigenvalue weighted by molar-refractivity contribution is -0.401. The largest absolute Gasteiger partial charge is 0.497 e. The van der Waals surface area contributed by atoms with Crippen molar-refractivity contribution in [3.8, 4) is 11.5 Å². The molecule has 3 aromatic carbocycles. The fraction of sp³-hybridized carbons (Fsp3) is 0.364. The van der Waals surface area contributed by atoms with Gasteiger partial charge in [-0.05, 0) is 76.8 Å². The molecule has 0 atom stereocenters. The Morgan fingerprint density at radius 1 is 0.846 bits per heavy atom. The minimum atomic E-state index is -0.370. The number of methoxy groups -OCH3 is 1. The van der Waals surface area contributed by atoms with Gasteiger partial charge in [-0.3, -0.25) is 0 Å². The number of hydrogen-bond donors (Lipinski definition) is 0. The SMILES string of the molecule is COc1ccc(OCc2ccc(B3OC(C)(C)C(C)(C)O3)cc2)c(/C=C/C2=[N+](C)c3ccccc3C2(C)C)c1. The summed E-state index contributed by atoms with van der Waals surface area (Å²) in [6.07, 6.45) is 4.32. The van der Waals surface area contributed by atoms with Crippen LogP contribution >= 0.6 is 0 Å². The van der Waals surface area contributed by atoms with Crippen molar-refractivity contribution in [3.63, 3.8) is 0 Å². The van der Waals surface area contributed by atoms with Crippen LogP contribution in [0.5, 0.6) is 11.5 Å². The van der Waals surface area contributed by atoms with E-state index in [2.05, 4.69) is 114 Å². The zero-order valence-electron chi connectivity index (χ0n) is 24.4. The van der Waals surface area contributed by atoms with Gasteiger partial charge in [-0.1, -0.05) is 42.5 Å². The molecule has 0 saturated carbocycles. The number of rotatable bonds is 7. The van der Waals surface area contributed by atoms with Gasteiger partial charge in [-0.15, -0.1) is 0 Å². The lowest BCUT2D eigenvalue weighted by atomic mass is 9.79. The summed E-state index contributed by atoms with van der Waals surface area (Å²) in [6.45, 7) is 13.3. The van der Waals surface area contributed by atoms with Gasteiger partial charge in [0.1, 0.15) is 25.2 Å². The van der Waals surface area contributed by atoms with E-state index >= 15 is 0 Å². The molecule has 0 amide bonds. The summed E-state index contributed by atoms with van der Waals surface area (Å²) < 4.78 is 26.5. The average molecular weight is 524 g/mol. The predicted octanol–water partition coefficient (Wildman–Crippen LogP) is 6.29. The van der Waals surface area contributed by atoms with Crippen LogP contribution in [0.25, 0.3) is 6.08 Å². The molecular formula is C33H39BNO4+.